The van der Waals surface area contributed by atoms with E-state index in [2.05, 4.69) is 10.3 Å². The van der Waals surface area contributed by atoms with Crippen LogP contribution in [0.2, 0.25) is 0 Å². The number of carbonyl (C=O) groups is 1. The van der Waals surface area contributed by atoms with Crippen molar-refractivity contribution >= 4 is 11.7 Å². The van der Waals surface area contributed by atoms with Crippen molar-refractivity contribution in [3.63, 3.8) is 0 Å². The van der Waals surface area contributed by atoms with Crippen molar-refractivity contribution in [3.05, 3.63) is 94.0 Å². The molecular weight excluding hydrogens is 302 g/mol. The number of nitrogens with zero attached hydrogens (tertiary/aromatic N) is 2. The second-order valence-corrected chi connectivity index (χ2v) is 5.46. The Labute approximate surface area is 139 Å². The van der Waals surface area contributed by atoms with Gasteiger partial charge in [0.1, 0.15) is 11.4 Å². The molecular formula is C19H17N3O2. The minimum atomic E-state index is -0.454. The van der Waals surface area contributed by atoms with Gasteiger partial charge in [-0.2, -0.15) is 0 Å². The molecule has 0 radical (unpaired) electrons. The Bertz CT molecular complexity index is 917. The molecule has 0 fully saturated rings. The number of benzene rings is 1. The number of aryl methyl sites for hydroxylation is 1. The molecule has 2 aromatic heterocycles. The van der Waals surface area contributed by atoms with Crippen LogP contribution in [0.3, 0.4) is 0 Å². The lowest BCUT2D eigenvalue weighted by Gasteiger charge is -2.09. The predicted octanol–water partition coefficient (Wildman–Crippen LogP) is 2.85. The Balaban J connectivity index is 1.86. The van der Waals surface area contributed by atoms with Crippen LogP contribution in [0.15, 0.2) is 71.8 Å². The number of nitrogens with one attached hydrogen (secondary N) is 1. The molecule has 0 atom stereocenters. The molecule has 5 nitrogen and oxygen atoms in total. The highest BCUT2D eigenvalue weighted by Gasteiger charge is 2.13. The van der Waals surface area contributed by atoms with Gasteiger partial charge in [-0.15, -0.1) is 0 Å². The van der Waals surface area contributed by atoms with Gasteiger partial charge >= 0.3 is 0 Å². The lowest BCUT2D eigenvalue weighted by molar-refractivity contribution is 0.102. The van der Waals surface area contributed by atoms with Crippen molar-refractivity contribution in [1.29, 1.82) is 0 Å². The van der Waals surface area contributed by atoms with Crippen LogP contribution in [0.1, 0.15) is 21.5 Å². The molecule has 0 aliphatic rings. The van der Waals surface area contributed by atoms with E-state index in [0.29, 0.717) is 12.4 Å². The first-order valence-electron chi connectivity index (χ1n) is 7.61. The molecule has 3 aromatic rings. The first kappa shape index (κ1) is 15.7. The van der Waals surface area contributed by atoms with E-state index >= 15 is 0 Å². The fraction of sp³-hybridized carbons (Fsp3) is 0.105. The van der Waals surface area contributed by atoms with E-state index in [1.807, 2.05) is 43.3 Å². The van der Waals surface area contributed by atoms with Gasteiger partial charge < -0.3 is 9.88 Å². The number of aromatic nitrogens is 2. The normalized spacial score (nSPS) is 10.4. The monoisotopic (exact) mass is 319 g/mol. The van der Waals surface area contributed by atoms with Crippen molar-refractivity contribution in [3.8, 4) is 0 Å². The molecule has 0 spiro atoms. The zero-order valence-corrected chi connectivity index (χ0v) is 13.3. The van der Waals surface area contributed by atoms with E-state index in [0.717, 1.165) is 11.1 Å². The Hall–Kier alpha value is -3.21. The summed E-state index contributed by atoms with van der Waals surface area (Å²) in [5.74, 6) is 0.00424. The third-order valence-electron chi connectivity index (χ3n) is 3.70. The Morgan fingerprint density at radius 3 is 2.62 bits per heavy atom. The third kappa shape index (κ3) is 3.41. The van der Waals surface area contributed by atoms with E-state index in [1.54, 1.807) is 24.5 Å². The molecule has 0 saturated carbocycles. The van der Waals surface area contributed by atoms with Crippen molar-refractivity contribution in [2.24, 2.45) is 0 Å². The maximum atomic E-state index is 12.6. The minimum absolute atomic E-state index is 0.0958. The van der Waals surface area contributed by atoms with Gasteiger partial charge in [-0.25, -0.2) is 4.98 Å². The number of anilines is 1. The van der Waals surface area contributed by atoms with E-state index < -0.39 is 5.91 Å². The second-order valence-electron chi connectivity index (χ2n) is 5.46. The molecule has 3 rings (SSSR count). The topological polar surface area (TPSA) is 64.0 Å². The van der Waals surface area contributed by atoms with Gasteiger partial charge in [-0.3, -0.25) is 9.59 Å². The molecule has 0 unspecified atom stereocenters. The summed E-state index contributed by atoms with van der Waals surface area (Å²) in [6, 6.07) is 16.5. The summed E-state index contributed by atoms with van der Waals surface area (Å²) in [7, 11) is 0. The molecule has 5 heteroatoms. The molecule has 0 aliphatic heterocycles. The molecule has 0 saturated heterocycles. The van der Waals surface area contributed by atoms with Gasteiger partial charge in [0.25, 0.3) is 11.5 Å². The van der Waals surface area contributed by atoms with Crippen molar-refractivity contribution in [2.75, 3.05) is 5.32 Å². The molecule has 1 N–H and O–H groups in total. The molecule has 0 bridgehead atoms. The Morgan fingerprint density at radius 2 is 1.88 bits per heavy atom. The van der Waals surface area contributed by atoms with Gasteiger partial charge in [0.05, 0.1) is 6.54 Å². The van der Waals surface area contributed by atoms with Crippen molar-refractivity contribution in [2.45, 2.75) is 13.5 Å². The fourth-order valence-electron chi connectivity index (χ4n) is 2.41. The molecule has 0 aliphatic carbocycles. The lowest BCUT2D eigenvalue weighted by Crippen LogP contribution is -2.29. The standard InChI is InChI=1S/C19H17N3O2/c1-14-7-5-11-20-17(14)21-18(23)16-10-6-12-22(19(16)24)13-15-8-3-2-4-9-15/h2-12H,13H2,1H3,(H,20,21,23). The maximum absolute atomic E-state index is 12.6. The number of hydrogen-bond acceptors (Lipinski definition) is 3. The van der Waals surface area contributed by atoms with Gasteiger partial charge in [0.2, 0.25) is 0 Å². The summed E-state index contributed by atoms with van der Waals surface area (Å²) >= 11 is 0. The average Bonchev–Trinajstić information content (AvgIpc) is 2.59. The highest BCUT2D eigenvalue weighted by atomic mass is 16.2. The first-order chi connectivity index (χ1) is 11.6. The number of carbonyl (C=O) groups excluding carboxylic acids is 1. The SMILES string of the molecule is Cc1cccnc1NC(=O)c1cccn(Cc2ccccc2)c1=O. The van der Waals surface area contributed by atoms with Crippen molar-refractivity contribution < 1.29 is 4.79 Å². The lowest BCUT2D eigenvalue weighted by atomic mass is 10.2. The van der Waals surface area contributed by atoms with Gasteiger partial charge in [-0.1, -0.05) is 36.4 Å². The minimum Gasteiger partial charge on any atom is -0.310 e. The summed E-state index contributed by atoms with van der Waals surface area (Å²) in [5.41, 5.74) is 1.61. The smallest absolute Gasteiger partial charge is 0.263 e. The Kier molecular flexibility index (Phi) is 4.52. The van der Waals surface area contributed by atoms with Gasteiger partial charge in [0.15, 0.2) is 0 Å². The van der Waals surface area contributed by atoms with Crippen LogP contribution in [-0.4, -0.2) is 15.5 Å². The quantitative estimate of drug-likeness (QED) is 0.804. The van der Waals surface area contributed by atoms with E-state index in [-0.39, 0.29) is 11.1 Å². The molecule has 1 amide bonds. The second kappa shape index (κ2) is 6.91. The first-order valence-corrected chi connectivity index (χ1v) is 7.61. The maximum Gasteiger partial charge on any atom is 0.263 e. The predicted molar refractivity (Wildman–Crippen MR) is 93.2 cm³/mol. The largest absolute Gasteiger partial charge is 0.310 e. The number of rotatable bonds is 4. The molecule has 1 aromatic carbocycles. The van der Waals surface area contributed by atoms with E-state index in [1.165, 1.54) is 10.6 Å². The van der Waals surface area contributed by atoms with Crippen LogP contribution < -0.4 is 10.9 Å². The summed E-state index contributed by atoms with van der Waals surface area (Å²) in [6.45, 7) is 2.27. The summed E-state index contributed by atoms with van der Waals surface area (Å²) in [6.07, 6.45) is 3.28. The number of amides is 1. The molecule has 120 valence electrons. The summed E-state index contributed by atoms with van der Waals surface area (Å²) in [5, 5.41) is 2.70. The molecule has 2 heterocycles. The van der Waals surface area contributed by atoms with Crippen molar-refractivity contribution in [1.82, 2.24) is 9.55 Å². The van der Waals surface area contributed by atoms with Crippen LogP contribution in [0.4, 0.5) is 5.82 Å². The molecule has 24 heavy (non-hydrogen) atoms. The van der Waals surface area contributed by atoms with E-state index in [9.17, 15) is 9.59 Å². The van der Waals surface area contributed by atoms with Gasteiger partial charge in [-0.05, 0) is 36.2 Å². The van der Waals surface area contributed by atoms with Crippen LogP contribution in [0, 0.1) is 6.92 Å². The Morgan fingerprint density at radius 1 is 1.08 bits per heavy atom. The zero-order valence-electron chi connectivity index (χ0n) is 13.3. The van der Waals surface area contributed by atoms with Crippen LogP contribution in [0.5, 0.6) is 0 Å². The fourth-order valence-corrected chi connectivity index (χ4v) is 2.41. The highest BCUT2D eigenvalue weighted by Crippen LogP contribution is 2.10. The van der Waals surface area contributed by atoms with Gasteiger partial charge in [0, 0.05) is 12.4 Å². The summed E-state index contributed by atoms with van der Waals surface area (Å²) in [4.78, 5) is 29.1. The zero-order chi connectivity index (χ0) is 16.9. The van der Waals surface area contributed by atoms with Crippen LogP contribution >= 0.6 is 0 Å². The van der Waals surface area contributed by atoms with Crippen LogP contribution in [-0.2, 0) is 6.54 Å². The third-order valence-corrected chi connectivity index (χ3v) is 3.70. The summed E-state index contributed by atoms with van der Waals surface area (Å²) < 4.78 is 1.52. The number of hydrogen-bond donors (Lipinski definition) is 1. The van der Waals surface area contributed by atoms with Crippen LogP contribution in [0.25, 0.3) is 0 Å². The van der Waals surface area contributed by atoms with E-state index in [4.69, 9.17) is 0 Å². The number of pyridine rings is 2. The highest BCUT2D eigenvalue weighted by molar-refractivity contribution is 6.03. The average molecular weight is 319 g/mol.